The number of hydrogen-bond acceptors (Lipinski definition) is 3. The highest BCUT2D eigenvalue weighted by molar-refractivity contribution is 6.30. The second-order valence-electron chi connectivity index (χ2n) is 6.60. The van der Waals surface area contributed by atoms with Gasteiger partial charge in [0, 0.05) is 33.3 Å². The van der Waals surface area contributed by atoms with Crippen LogP contribution in [0.4, 0.5) is 5.69 Å². The van der Waals surface area contributed by atoms with E-state index in [2.05, 4.69) is 52.5 Å². The van der Waals surface area contributed by atoms with Crippen molar-refractivity contribution in [3.8, 4) is 5.69 Å². The van der Waals surface area contributed by atoms with Crippen LogP contribution in [-0.4, -0.2) is 23.2 Å². The minimum absolute atomic E-state index is 0.126. The van der Waals surface area contributed by atoms with Crippen molar-refractivity contribution >= 4 is 29.4 Å². The van der Waals surface area contributed by atoms with Crippen LogP contribution in [0.3, 0.4) is 0 Å². The number of amides is 1. The fourth-order valence-electron chi connectivity index (χ4n) is 3.07. The highest BCUT2D eigenvalue weighted by Gasteiger charge is 2.11. The van der Waals surface area contributed by atoms with E-state index in [9.17, 15) is 4.79 Å². The molecule has 2 aromatic carbocycles. The highest BCUT2D eigenvalue weighted by atomic mass is 35.5. The van der Waals surface area contributed by atoms with Crippen molar-refractivity contribution in [1.29, 1.82) is 0 Å². The molecule has 3 rings (SSSR count). The first-order valence-corrected chi connectivity index (χ1v) is 9.40. The fourth-order valence-corrected chi connectivity index (χ4v) is 3.19. The SMILES string of the molecule is Cc1ccccc1-n1c(C)cc(/C=N\NC(=O)CNc2ccc(Cl)cc2)c1C. The summed E-state index contributed by atoms with van der Waals surface area (Å²) in [4.78, 5) is 12.0. The molecule has 1 heterocycles. The normalized spacial score (nSPS) is 11.0. The molecule has 5 nitrogen and oxygen atoms in total. The van der Waals surface area contributed by atoms with Crippen LogP contribution < -0.4 is 10.7 Å². The Balaban J connectivity index is 1.63. The molecule has 0 spiro atoms. The zero-order valence-corrected chi connectivity index (χ0v) is 16.9. The van der Waals surface area contributed by atoms with Gasteiger partial charge in [0.05, 0.1) is 12.8 Å². The van der Waals surface area contributed by atoms with E-state index < -0.39 is 0 Å². The molecule has 1 aromatic heterocycles. The number of halogens is 1. The summed E-state index contributed by atoms with van der Waals surface area (Å²) in [7, 11) is 0. The number of aryl methyl sites for hydroxylation is 2. The van der Waals surface area contributed by atoms with Gasteiger partial charge in [0.25, 0.3) is 5.91 Å². The van der Waals surface area contributed by atoms with Gasteiger partial charge in [-0.3, -0.25) is 4.79 Å². The van der Waals surface area contributed by atoms with E-state index in [-0.39, 0.29) is 12.5 Å². The number of aromatic nitrogens is 1. The molecular weight excluding hydrogens is 372 g/mol. The molecule has 6 heteroatoms. The summed E-state index contributed by atoms with van der Waals surface area (Å²) in [6.45, 7) is 6.33. The lowest BCUT2D eigenvalue weighted by atomic mass is 10.2. The number of hydrogen-bond donors (Lipinski definition) is 2. The minimum Gasteiger partial charge on any atom is -0.376 e. The zero-order valence-electron chi connectivity index (χ0n) is 16.2. The standard InChI is InChI=1S/C22H23ClN4O/c1-15-6-4-5-7-21(15)27-16(2)12-18(17(27)3)13-25-26-22(28)14-24-20-10-8-19(23)9-11-20/h4-13,24H,14H2,1-3H3,(H,26,28)/b25-13-. The lowest BCUT2D eigenvalue weighted by molar-refractivity contribution is -0.119. The van der Waals surface area contributed by atoms with Crippen molar-refractivity contribution in [2.75, 3.05) is 11.9 Å². The Labute approximate surface area is 170 Å². The largest absolute Gasteiger partial charge is 0.376 e. The quantitative estimate of drug-likeness (QED) is 0.473. The van der Waals surface area contributed by atoms with Crippen molar-refractivity contribution in [2.45, 2.75) is 20.8 Å². The number of nitrogens with one attached hydrogen (secondary N) is 2. The Morgan fingerprint density at radius 2 is 1.82 bits per heavy atom. The molecule has 0 aliphatic heterocycles. The zero-order chi connectivity index (χ0) is 20.1. The maximum Gasteiger partial charge on any atom is 0.259 e. The van der Waals surface area contributed by atoms with Gasteiger partial charge < -0.3 is 9.88 Å². The van der Waals surface area contributed by atoms with Crippen molar-refractivity contribution in [2.24, 2.45) is 5.10 Å². The van der Waals surface area contributed by atoms with E-state index in [1.165, 1.54) is 5.56 Å². The third-order valence-electron chi connectivity index (χ3n) is 4.52. The van der Waals surface area contributed by atoms with Crippen molar-refractivity contribution in [3.05, 3.63) is 82.1 Å². The van der Waals surface area contributed by atoms with Gasteiger partial charge in [-0.25, -0.2) is 5.43 Å². The number of anilines is 1. The molecule has 0 fully saturated rings. The number of nitrogens with zero attached hydrogens (tertiary/aromatic N) is 2. The Bertz CT molecular complexity index is 1010. The first-order chi connectivity index (χ1) is 13.5. The molecule has 0 atom stereocenters. The molecule has 1 amide bonds. The smallest absolute Gasteiger partial charge is 0.259 e. The number of rotatable bonds is 6. The summed E-state index contributed by atoms with van der Waals surface area (Å²) in [6, 6.07) is 17.5. The van der Waals surface area contributed by atoms with Crippen LogP contribution in [-0.2, 0) is 4.79 Å². The van der Waals surface area contributed by atoms with Crippen molar-refractivity contribution in [1.82, 2.24) is 9.99 Å². The Morgan fingerprint density at radius 3 is 2.54 bits per heavy atom. The van der Waals surface area contributed by atoms with Gasteiger partial charge in [-0.15, -0.1) is 0 Å². The number of carbonyl (C=O) groups excluding carboxylic acids is 1. The minimum atomic E-state index is -0.223. The third kappa shape index (κ3) is 4.61. The van der Waals surface area contributed by atoms with E-state index in [4.69, 9.17) is 11.6 Å². The third-order valence-corrected chi connectivity index (χ3v) is 4.77. The van der Waals surface area contributed by atoms with Gasteiger partial charge in [-0.2, -0.15) is 5.10 Å². The lowest BCUT2D eigenvalue weighted by Gasteiger charge is -2.12. The molecule has 0 bridgehead atoms. The van der Waals surface area contributed by atoms with Crippen LogP contribution in [0.25, 0.3) is 5.69 Å². The van der Waals surface area contributed by atoms with Crippen LogP contribution in [0.2, 0.25) is 5.02 Å². The van der Waals surface area contributed by atoms with Crippen molar-refractivity contribution < 1.29 is 4.79 Å². The molecule has 0 saturated carbocycles. The number of benzene rings is 2. The summed E-state index contributed by atoms with van der Waals surface area (Å²) in [5.41, 5.74) is 8.88. The summed E-state index contributed by atoms with van der Waals surface area (Å²) in [6.07, 6.45) is 1.68. The van der Waals surface area contributed by atoms with Gasteiger partial charge in [-0.1, -0.05) is 29.8 Å². The Hall–Kier alpha value is -3.05. The van der Waals surface area contributed by atoms with Crippen molar-refractivity contribution in [3.63, 3.8) is 0 Å². The lowest BCUT2D eigenvalue weighted by Crippen LogP contribution is -2.25. The molecular formula is C22H23ClN4O. The van der Waals surface area contributed by atoms with Crippen LogP contribution in [0.1, 0.15) is 22.5 Å². The maximum absolute atomic E-state index is 12.0. The average Bonchev–Trinajstić information content (AvgIpc) is 2.95. The number of hydrazone groups is 1. The second kappa shape index (κ2) is 8.76. The van der Waals surface area contributed by atoms with Gasteiger partial charge in [0.2, 0.25) is 0 Å². The van der Waals surface area contributed by atoms with E-state index >= 15 is 0 Å². The molecule has 0 saturated heterocycles. The number of para-hydroxylation sites is 1. The molecule has 144 valence electrons. The van der Waals surface area contributed by atoms with Crippen LogP contribution in [0.5, 0.6) is 0 Å². The van der Waals surface area contributed by atoms with Crippen LogP contribution >= 0.6 is 11.6 Å². The van der Waals surface area contributed by atoms with Crippen LogP contribution in [0, 0.1) is 20.8 Å². The molecule has 0 aliphatic rings. The first-order valence-electron chi connectivity index (χ1n) is 9.02. The molecule has 2 N–H and O–H groups in total. The summed E-state index contributed by atoms with van der Waals surface area (Å²) in [5, 5.41) is 7.78. The first kappa shape index (κ1) is 19.7. The molecule has 28 heavy (non-hydrogen) atoms. The van der Waals surface area contributed by atoms with E-state index in [1.807, 2.05) is 31.2 Å². The maximum atomic E-state index is 12.0. The number of carbonyl (C=O) groups is 1. The van der Waals surface area contributed by atoms with E-state index in [0.717, 1.165) is 28.3 Å². The molecule has 0 aliphatic carbocycles. The van der Waals surface area contributed by atoms with Gasteiger partial charge in [0.1, 0.15) is 0 Å². The Kier molecular flexibility index (Phi) is 6.16. The van der Waals surface area contributed by atoms with Gasteiger partial charge >= 0.3 is 0 Å². The summed E-state index contributed by atoms with van der Waals surface area (Å²) < 4.78 is 2.20. The Morgan fingerprint density at radius 1 is 1.11 bits per heavy atom. The van der Waals surface area contributed by atoms with Gasteiger partial charge in [0.15, 0.2) is 0 Å². The summed E-state index contributed by atoms with van der Waals surface area (Å²) in [5.74, 6) is -0.223. The topological polar surface area (TPSA) is 58.4 Å². The molecule has 0 radical (unpaired) electrons. The second-order valence-corrected chi connectivity index (χ2v) is 7.04. The molecule has 0 unspecified atom stereocenters. The van der Waals surface area contributed by atoms with E-state index in [1.54, 1.807) is 18.3 Å². The fraction of sp³-hybridized carbons (Fsp3) is 0.182. The average molecular weight is 395 g/mol. The predicted octanol–water partition coefficient (Wildman–Crippen LogP) is 4.62. The monoisotopic (exact) mass is 394 g/mol. The van der Waals surface area contributed by atoms with Gasteiger partial charge in [-0.05, 0) is 62.7 Å². The summed E-state index contributed by atoms with van der Waals surface area (Å²) >= 11 is 5.85. The predicted molar refractivity (Wildman–Crippen MR) is 116 cm³/mol. The molecule has 3 aromatic rings. The van der Waals surface area contributed by atoms with E-state index in [0.29, 0.717) is 5.02 Å². The highest BCUT2D eigenvalue weighted by Crippen LogP contribution is 2.22. The van der Waals surface area contributed by atoms with Crippen LogP contribution in [0.15, 0.2) is 59.7 Å².